The molecule has 2 rings (SSSR count). The predicted molar refractivity (Wildman–Crippen MR) is 71.0 cm³/mol. The Hall–Kier alpha value is -2.24. The number of carbonyl (C=O) groups excluding carboxylic acids is 1. The van der Waals surface area contributed by atoms with E-state index in [1.165, 1.54) is 25.3 Å². The Balaban J connectivity index is 2.25. The van der Waals surface area contributed by atoms with Crippen LogP contribution in [0.15, 0.2) is 18.2 Å². The zero-order chi connectivity index (χ0) is 14.8. The molecule has 1 fully saturated rings. The van der Waals surface area contributed by atoms with Crippen LogP contribution in [0.2, 0.25) is 0 Å². The van der Waals surface area contributed by atoms with Gasteiger partial charge in [-0.05, 0) is 31.0 Å². The molecule has 0 radical (unpaired) electrons. The number of aromatic hydroxyl groups is 1. The van der Waals surface area contributed by atoms with Crippen molar-refractivity contribution >= 4 is 11.9 Å². The van der Waals surface area contributed by atoms with E-state index in [2.05, 4.69) is 5.32 Å². The third-order valence-electron chi connectivity index (χ3n) is 3.67. The molecule has 108 valence electrons. The maximum atomic E-state index is 12.2. The van der Waals surface area contributed by atoms with Crippen LogP contribution in [0.25, 0.3) is 0 Å². The van der Waals surface area contributed by atoms with Gasteiger partial charge in [0.25, 0.3) is 5.91 Å². The number of aliphatic carboxylic acids is 1. The number of carbonyl (C=O) groups is 2. The highest BCUT2D eigenvalue weighted by atomic mass is 16.5. The van der Waals surface area contributed by atoms with Gasteiger partial charge in [0.05, 0.1) is 12.7 Å². The van der Waals surface area contributed by atoms with Crippen molar-refractivity contribution in [1.82, 2.24) is 5.32 Å². The van der Waals surface area contributed by atoms with Crippen molar-refractivity contribution in [2.24, 2.45) is 0 Å². The number of nitrogens with one attached hydrogen (secondary N) is 1. The summed E-state index contributed by atoms with van der Waals surface area (Å²) in [6.45, 7) is 0. The summed E-state index contributed by atoms with van der Waals surface area (Å²) >= 11 is 0. The minimum Gasteiger partial charge on any atom is -0.507 e. The van der Waals surface area contributed by atoms with Gasteiger partial charge in [-0.2, -0.15) is 0 Å². The summed E-state index contributed by atoms with van der Waals surface area (Å²) in [6.07, 6.45) is 2.32. The number of amides is 1. The highest BCUT2D eigenvalue weighted by molar-refractivity contribution is 6.00. The van der Waals surface area contributed by atoms with Gasteiger partial charge in [0.15, 0.2) is 0 Å². The summed E-state index contributed by atoms with van der Waals surface area (Å²) in [5.74, 6) is -1.43. The van der Waals surface area contributed by atoms with Crippen molar-refractivity contribution < 1.29 is 24.5 Å². The summed E-state index contributed by atoms with van der Waals surface area (Å²) in [5, 5.41) is 21.6. The molecule has 1 aliphatic carbocycles. The number of rotatable bonds is 4. The average molecular weight is 279 g/mol. The molecule has 3 N–H and O–H groups in total. The number of phenolic OH excluding ortho intramolecular Hbond substituents is 1. The Kier molecular flexibility index (Phi) is 3.83. The number of methoxy groups -OCH3 is 1. The lowest BCUT2D eigenvalue weighted by Gasteiger charge is -2.25. The molecular formula is C14H17NO5. The summed E-state index contributed by atoms with van der Waals surface area (Å²) < 4.78 is 5.00. The Labute approximate surface area is 116 Å². The first-order valence-electron chi connectivity index (χ1n) is 6.41. The number of carboxylic acid groups (broad SMARTS) is 1. The van der Waals surface area contributed by atoms with Gasteiger partial charge in [-0.1, -0.05) is 12.8 Å². The van der Waals surface area contributed by atoms with Gasteiger partial charge in [-0.25, -0.2) is 4.79 Å². The van der Waals surface area contributed by atoms with E-state index in [1.54, 1.807) is 0 Å². The summed E-state index contributed by atoms with van der Waals surface area (Å²) in [5.41, 5.74) is -1.22. The van der Waals surface area contributed by atoms with Crippen molar-refractivity contribution in [3.63, 3.8) is 0 Å². The van der Waals surface area contributed by atoms with E-state index in [0.29, 0.717) is 18.6 Å². The normalized spacial score (nSPS) is 16.6. The van der Waals surface area contributed by atoms with Crippen LogP contribution in [-0.4, -0.2) is 34.7 Å². The molecule has 20 heavy (non-hydrogen) atoms. The molecule has 1 aromatic rings. The molecule has 0 atom stereocenters. The van der Waals surface area contributed by atoms with Crippen molar-refractivity contribution in [2.45, 2.75) is 31.2 Å². The van der Waals surface area contributed by atoms with Crippen LogP contribution in [-0.2, 0) is 4.79 Å². The monoisotopic (exact) mass is 279 g/mol. The number of hydrogen-bond donors (Lipinski definition) is 3. The minimum atomic E-state index is -1.23. The van der Waals surface area contributed by atoms with Gasteiger partial charge in [-0.15, -0.1) is 0 Å². The van der Waals surface area contributed by atoms with Crippen molar-refractivity contribution in [1.29, 1.82) is 0 Å². The van der Waals surface area contributed by atoms with Gasteiger partial charge in [-0.3, -0.25) is 4.79 Å². The van der Waals surface area contributed by atoms with E-state index in [4.69, 9.17) is 4.74 Å². The first kappa shape index (κ1) is 14.2. The number of ether oxygens (including phenoxy) is 1. The van der Waals surface area contributed by atoms with Gasteiger partial charge in [0.2, 0.25) is 0 Å². The van der Waals surface area contributed by atoms with Crippen LogP contribution < -0.4 is 10.1 Å². The van der Waals surface area contributed by atoms with E-state index in [9.17, 15) is 19.8 Å². The lowest BCUT2D eigenvalue weighted by molar-refractivity contribution is -0.144. The van der Waals surface area contributed by atoms with E-state index in [0.717, 1.165) is 12.8 Å². The maximum absolute atomic E-state index is 12.2. The van der Waals surface area contributed by atoms with Gasteiger partial charge < -0.3 is 20.3 Å². The Morgan fingerprint density at radius 3 is 2.50 bits per heavy atom. The molecule has 0 aromatic heterocycles. The zero-order valence-corrected chi connectivity index (χ0v) is 11.2. The molecule has 1 amide bonds. The highest BCUT2D eigenvalue weighted by Gasteiger charge is 2.43. The van der Waals surface area contributed by atoms with Gasteiger partial charge >= 0.3 is 5.97 Å². The smallest absolute Gasteiger partial charge is 0.329 e. The standard InChI is InChI=1S/C14H17NO5/c1-20-9-4-5-11(16)10(8-9)12(17)15-14(13(18)19)6-2-3-7-14/h4-5,8,16H,2-3,6-7H2,1H3,(H,15,17)(H,18,19). The van der Waals surface area contributed by atoms with E-state index >= 15 is 0 Å². The largest absolute Gasteiger partial charge is 0.507 e. The molecule has 0 aliphatic heterocycles. The first-order valence-corrected chi connectivity index (χ1v) is 6.41. The second-order valence-electron chi connectivity index (χ2n) is 4.93. The van der Waals surface area contributed by atoms with E-state index in [-0.39, 0.29) is 11.3 Å². The van der Waals surface area contributed by atoms with Crippen LogP contribution in [0.3, 0.4) is 0 Å². The predicted octanol–water partition coefficient (Wildman–Crippen LogP) is 1.53. The fourth-order valence-corrected chi connectivity index (χ4v) is 2.48. The van der Waals surface area contributed by atoms with Crippen LogP contribution in [0.5, 0.6) is 11.5 Å². The van der Waals surface area contributed by atoms with Crippen LogP contribution in [0.1, 0.15) is 36.0 Å². The summed E-state index contributed by atoms with van der Waals surface area (Å²) in [4.78, 5) is 23.6. The maximum Gasteiger partial charge on any atom is 0.329 e. The van der Waals surface area contributed by atoms with Crippen molar-refractivity contribution in [2.75, 3.05) is 7.11 Å². The summed E-state index contributed by atoms with van der Waals surface area (Å²) in [7, 11) is 1.45. The molecule has 0 unspecified atom stereocenters. The molecule has 1 aliphatic rings. The Morgan fingerprint density at radius 1 is 1.30 bits per heavy atom. The number of phenols is 1. The molecule has 1 aromatic carbocycles. The van der Waals surface area contributed by atoms with E-state index < -0.39 is 17.4 Å². The van der Waals surface area contributed by atoms with Crippen LogP contribution in [0.4, 0.5) is 0 Å². The van der Waals surface area contributed by atoms with Crippen LogP contribution >= 0.6 is 0 Å². The SMILES string of the molecule is COc1ccc(O)c(C(=O)NC2(C(=O)O)CCCC2)c1. The molecule has 6 nitrogen and oxygen atoms in total. The second kappa shape index (κ2) is 5.40. The Morgan fingerprint density at radius 2 is 1.95 bits per heavy atom. The van der Waals surface area contributed by atoms with E-state index in [1.807, 2.05) is 0 Å². The Bertz CT molecular complexity index is 534. The molecular weight excluding hydrogens is 262 g/mol. The number of benzene rings is 1. The lowest BCUT2D eigenvalue weighted by atomic mass is 9.97. The fourth-order valence-electron chi connectivity index (χ4n) is 2.48. The zero-order valence-electron chi connectivity index (χ0n) is 11.2. The number of hydrogen-bond acceptors (Lipinski definition) is 4. The minimum absolute atomic E-state index is 0.0110. The van der Waals surface area contributed by atoms with Crippen molar-refractivity contribution in [3.05, 3.63) is 23.8 Å². The van der Waals surface area contributed by atoms with Gasteiger partial charge in [0, 0.05) is 0 Å². The first-order chi connectivity index (χ1) is 9.48. The quantitative estimate of drug-likeness (QED) is 0.776. The number of carboxylic acids is 1. The summed E-state index contributed by atoms with van der Waals surface area (Å²) in [6, 6.07) is 4.25. The molecule has 6 heteroatoms. The topological polar surface area (TPSA) is 95.9 Å². The molecule has 0 bridgehead atoms. The molecule has 0 spiro atoms. The lowest BCUT2D eigenvalue weighted by Crippen LogP contribution is -2.52. The van der Waals surface area contributed by atoms with Crippen molar-refractivity contribution in [3.8, 4) is 11.5 Å². The molecule has 1 saturated carbocycles. The molecule has 0 heterocycles. The fraction of sp³-hybridized carbons (Fsp3) is 0.429. The molecule has 0 saturated heterocycles. The third kappa shape index (κ3) is 2.54. The highest BCUT2D eigenvalue weighted by Crippen LogP contribution is 2.31. The second-order valence-corrected chi connectivity index (χ2v) is 4.93. The average Bonchev–Trinajstić information content (AvgIpc) is 2.89. The van der Waals surface area contributed by atoms with Crippen LogP contribution in [0, 0.1) is 0 Å². The van der Waals surface area contributed by atoms with Gasteiger partial charge in [0.1, 0.15) is 17.0 Å². The third-order valence-corrected chi connectivity index (χ3v) is 3.67.